The summed E-state index contributed by atoms with van der Waals surface area (Å²) in [5.41, 5.74) is 1.44. The molecule has 204 valence electrons. The molecule has 1 aliphatic rings. The van der Waals surface area contributed by atoms with Crippen LogP contribution >= 0.6 is 23.7 Å². The van der Waals surface area contributed by atoms with Crippen LogP contribution in [-0.4, -0.2) is 35.5 Å². The molecule has 8 nitrogen and oxygen atoms in total. The van der Waals surface area contributed by atoms with Gasteiger partial charge in [0.05, 0.1) is 16.9 Å². The van der Waals surface area contributed by atoms with Crippen LogP contribution in [-0.2, 0) is 7.05 Å². The van der Waals surface area contributed by atoms with Crippen molar-refractivity contribution < 1.29 is 13.9 Å². The number of pyridine rings is 1. The minimum absolute atomic E-state index is 0.0744. The zero-order valence-corrected chi connectivity index (χ0v) is 23.9. The first-order valence-electron chi connectivity index (χ1n) is 12.3. The summed E-state index contributed by atoms with van der Waals surface area (Å²) in [5, 5.41) is 3.25. The summed E-state index contributed by atoms with van der Waals surface area (Å²) < 4.78 is 28.2. The quantitative estimate of drug-likeness (QED) is 0.274. The fourth-order valence-corrected chi connectivity index (χ4v) is 4.45. The van der Waals surface area contributed by atoms with Crippen molar-refractivity contribution >= 4 is 46.8 Å². The van der Waals surface area contributed by atoms with E-state index in [1.54, 1.807) is 56.1 Å². The standard InChI is InChI=1S/C25H27ClFN5O3S.C2H6/c1-14-9-10-17(16(27)13-14)29-23-20(25(34)32-11-6-12-32)22(15(2)24(33)31(23)4)35-19-8-5-7-18(21(19)26)30-36-28-3;1-2/h5,7-10,13,28-30H,6,11-12H2,1-4H3;1-2H3. The molecular formula is C27H33ClFN5O3S. The van der Waals surface area contributed by atoms with E-state index in [0.29, 0.717) is 18.8 Å². The van der Waals surface area contributed by atoms with Crippen LogP contribution in [0.4, 0.5) is 21.6 Å². The number of aromatic nitrogens is 1. The van der Waals surface area contributed by atoms with Crippen molar-refractivity contribution in [3.8, 4) is 11.5 Å². The van der Waals surface area contributed by atoms with Crippen molar-refractivity contribution in [1.29, 1.82) is 0 Å². The van der Waals surface area contributed by atoms with E-state index < -0.39 is 11.4 Å². The minimum Gasteiger partial charge on any atom is -0.454 e. The SMILES string of the molecule is CC.CNSNc1cccc(Oc2c(C(=O)N3CCC3)c(Nc3ccc(C)cc3F)n(C)c(=O)c2C)c1Cl. The molecule has 4 rings (SSSR count). The van der Waals surface area contributed by atoms with Crippen molar-refractivity contribution in [2.24, 2.45) is 7.05 Å². The zero-order chi connectivity index (χ0) is 28.0. The highest BCUT2D eigenvalue weighted by Gasteiger charge is 2.32. The number of halogens is 2. The Bertz CT molecular complexity index is 1380. The lowest BCUT2D eigenvalue weighted by Gasteiger charge is -2.32. The van der Waals surface area contributed by atoms with E-state index in [4.69, 9.17) is 16.3 Å². The number of hydrogen-bond acceptors (Lipinski definition) is 7. The molecular weight excluding hydrogens is 529 g/mol. The maximum atomic E-state index is 14.8. The van der Waals surface area contributed by atoms with Gasteiger partial charge in [0.2, 0.25) is 0 Å². The molecule has 0 bridgehead atoms. The molecule has 38 heavy (non-hydrogen) atoms. The summed E-state index contributed by atoms with van der Waals surface area (Å²) in [6.45, 7) is 8.54. The van der Waals surface area contributed by atoms with Gasteiger partial charge in [-0.2, -0.15) is 0 Å². The number of hydrogen-bond donors (Lipinski definition) is 3. The van der Waals surface area contributed by atoms with Gasteiger partial charge in [-0.3, -0.25) is 14.2 Å². The van der Waals surface area contributed by atoms with E-state index in [1.807, 2.05) is 13.8 Å². The minimum atomic E-state index is -0.503. The lowest BCUT2D eigenvalue weighted by molar-refractivity contribution is 0.0649. The van der Waals surface area contributed by atoms with Crippen LogP contribution in [0.5, 0.6) is 11.5 Å². The molecule has 0 aliphatic carbocycles. The normalized spacial score (nSPS) is 12.3. The lowest BCUT2D eigenvalue weighted by Crippen LogP contribution is -2.43. The highest BCUT2D eigenvalue weighted by atomic mass is 35.5. The Balaban J connectivity index is 0.00000195. The van der Waals surface area contributed by atoms with E-state index in [2.05, 4.69) is 14.8 Å². The summed E-state index contributed by atoms with van der Waals surface area (Å²) in [6.07, 6.45) is 0.880. The molecule has 0 atom stereocenters. The predicted octanol–water partition coefficient (Wildman–Crippen LogP) is 6.40. The fraction of sp³-hybridized carbons (Fsp3) is 0.333. The third-order valence-electron chi connectivity index (χ3n) is 5.94. The largest absolute Gasteiger partial charge is 0.454 e. The van der Waals surface area contributed by atoms with Gasteiger partial charge in [0.1, 0.15) is 28.0 Å². The second-order valence-corrected chi connectivity index (χ2v) is 9.62. The van der Waals surface area contributed by atoms with Crippen LogP contribution in [0, 0.1) is 19.7 Å². The second-order valence-electron chi connectivity index (χ2n) is 8.42. The Hall–Kier alpha value is -3.21. The molecule has 0 radical (unpaired) electrons. The number of nitrogens with zero attached hydrogens (tertiary/aromatic N) is 2. The predicted molar refractivity (Wildman–Crippen MR) is 155 cm³/mol. The van der Waals surface area contributed by atoms with E-state index in [9.17, 15) is 14.0 Å². The van der Waals surface area contributed by atoms with E-state index >= 15 is 0 Å². The molecule has 1 fully saturated rings. The summed E-state index contributed by atoms with van der Waals surface area (Å²) >= 11 is 7.81. The number of rotatable bonds is 8. The van der Waals surface area contributed by atoms with Crippen LogP contribution < -0.4 is 25.1 Å². The number of carbonyl (C=O) groups excluding carboxylic acids is 1. The average Bonchev–Trinajstić information content (AvgIpc) is 2.87. The van der Waals surface area contributed by atoms with Crippen molar-refractivity contribution in [3.63, 3.8) is 0 Å². The number of anilines is 3. The molecule has 11 heteroatoms. The summed E-state index contributed by atoms with van der Waals surface area (Å²) in [6, 6.07) is 9.86. The van der Waals surface area contributed by atoms with Crippen LogP contribution in [0.25, 0.3) is 0 Å². The molecule has 3 aromatic rings. The summed E-state index contributed by atoms with van der Waals surface area (Å²) in [7, 11) is 3.29. The molecule has 0 unspecified atom stereocenters. The fourth-order valence-electron chi connectivity index (χ4n) is 3.80. The second kappa shape index (κ2) is 13.0. The van der Waals surface area contributed by atoms with Crippen molar-refractivity contribution in [2.45, 2.75) is 34.1 Å². The molecule has 0 saturated carbocycles. The monoisotopic (exact) mass is 561 g/mol. The smallest absolute Gasteiger partial charge is 0.261 e. The van der Waals surface area contributed by atoms with Gasteiger partial charge in [0, 0.05) is 32.3 Å². The molecule has 1 amide bonds. The molecule has 3 N–H and O–H groups in total. The van der Waals surface area contributed by atoms with Gasteiger partial charge < -0.3 is 19.7 Å². The van der Waals surface area contributed by atoms with Gasteiger partial charge in [0.25, 0.3) is 11.5 Å². The van der Waals surface area contributed by atoms with Gasteiger partial charge in [-0.15, -0.1) is 0 Å². The van der Waals surface area contributed by atoms with Crippen molar-refractivity contribution in [2.75, 3.05) is 30.2 Å². The first kappa shape index (κ1) is 29.3. The number of aryl methyl sites for hydroxylation is 1. The van der Waals surface area contributed by atoms with Gasteiger partial charge in [-0.25, -0.2) is 9.11 Å². The van der Waals surface area contributed by atoms with E-state index in [1.165, 1.54) is 29.8 Å². The zero-order valence-electron chi connectivity index (χ0n) is 22.4. The van der Waals surface area contributed by atoms with Crippen LogP contribution in [0.3, 0.4) is 0 Å². The summed E-state index contributed by atoms with van der Waals surface area (Å²) in [4.78, 5) is 28.5. The Morgan fingerprint density at radius 2 is 1.84 bits per heavy atom. The van der Waals surface area contributed by atoms with E-state index in [-0.39, 0.29) is 45.1 Å². The third kappa shape index (κ3) is 6.09. The van der Waals surface area contributed by atoms with Crippen molar-refractivity contribution in [1.82, 2.24) is 14.2 Å². The van der Waals surface area contributed by atoms with Crippen LogP contribution in [0.15, 0.2) is 41.2 Å². The molecule has 2 heterocycles. The Morgan fingerprint density at radius 1 is 1.13 bits per heavy atom. The third-order valence-corrected chi connectivity index (χ3v) is 6.85. The first-order chi connectivity index (χ1) is 18.2. The number of benzene rings is 2. The number of carbonyl (C=O) groups is 1. The molecule has 1 aromatic heterocycles. The topological polar surface area (TPSA) is 87.6 Å². The Morgan fingerprint density at radius 3 is 2.45 bits per heavy atom. The van der Waals surface area contributed by atoms with Gasteiger partial charge >= 0.3 is 0 Å². The molecule has 1 saturated heterocycles. The molecule has 1 aliphatic heterocycles. The van der Waals surface area contributed by atoms with Crippen molar-refractivity contribution in [3.05, 3.63) is 74.3 Å². The molecule has 0 spiro atoms. The number of nitrogens with one attached hydrogen (secondary N) is 3. The van der Waals surface area contributed by atoms with Gasteiger partial charge in [-0.1, -0.05) is 37.6 Å². The van der Waals surface area contributed by atoms with E-state index in [0.717, 1.165) is 12.0 Å². The lowest BCUT2D eigenvalue weighted by atomic mass is 10.1. The maximum absolute atomic E-state index is 14.8. The summed E-state index contributed by atoms with van der Waals surface area (Å²) in [5.74, 6) is -0.348. The van der Waals surface area contributed by atoms with Crippen LogP contribution in [0.1, 0.15) is 41.8 Å². The number of ether oxygens (including phenoxy) is 1. The van der Waals surface area contributed by atoms with Gasteiger partial charge in [0.15, 0.2) is 5.75 Å². The van der Waals surface area contributed by atoms with Gasteiger partial charge in [-0.05, 0) is 57.1 Å². The highest BCUT2D eigenvalue weighted by Crippen LogP contribution is 2.40. The highest BCUT2D eigenvalue weighted by molar-refractivity contribution is 7.98. The Labute approximate surface area is 231 Å². The average molecular weight is 562 g/mol. The maximum Gasteiger partial charge on any atom is 0.261 e. The Kier molecular flexibility index (Phi) is 10.1. The van der Waals surface area contributed by atoms with Crippen LogP contribution in [0.2, 0.25) is 5.02 Å². The first-order valence-corrected chi connectivity index (χ1v) is 13.5. The molecule has 2 aromatic carbocycles. The number of likely N-dealkylation sites (tertiary alicyclic amines) is 1. The number of amides is 1.